The Morgan fingerprint density at radius 2 is 1.71 bits per heavy atom. The van der Waals surface area contributed by atoms with Gasteiger partial charge >= 0.3 is 0 Å². The maximum Gasteiger partial charge on any atom is 0.160 e. The lowest BCUT2D eigenvalue weighted by Crippen LogP contribution is -2.59. The van der Waals surface area contributed by atoms with Crippen LogP contribution in [-0.2, 0) is 14.5 Å². The largest absolute Gasteiger partial charge is 0.393 e. The third kappa shape index (κ3) is 3.75. The Morgan fingerprint density at radius 3 is 2.34 bits per heavy atom. The molecule has 2 saturated carbocycles. The molecule has 2 N–H and O–H groups in total. The summed E-state index contributed by atoms with van der Waals surface area (Å²) >= 11 is 0. The standard InChI is InChI=1S/C30H46O5/c1-18(10-9-13-26(2,3)35-34)19-11-15-29(7)25-20(31)16-22-27(4,5)23(33)12-14-28(22,6)24(25)21(32)17-30(19,29)8/h9,13,18-19,22-23,33-34H,10-12,14-17H2,1-8H3. The van der Waals surface area contributed by atoms with Crippen LogP contribution in [0.4, 0.5) is 0 Å². The Labute approximate surface area is 211 Å². The maximum atomic E-state index is 14.0. The van der Waals surface area contributed by atoms with E-state index < -0.39 is 17.1 Å². The van der Waals surface area contributed by atoms with E-state index in [2.05, 4.69) is 52.5 Å². The first-order valence-electron chi connectivity index (χ1n) is 13.5. The lowest BCUT2D eigenvalue weighted by Gasteiger charge is -2.60. The molecule has 7 unspecified atom stereocenters. The number of carbonyl (C=O) groups excluding carboxylic acids is 2. The van der Waals surface area contributed by atoms with Gasteiger partial charge in [-0.15, -0.1) is 0 Å². The minimum atomic E-state index is -0.726. The third-order valence-electron chi connectivity index (χ3n) is 11.3. The smallest absolute Gasteiger partial charge is 0.160 e. The van der Waals surface area contributed by atoms with Crippen LogP contribution >= 0.6 is 0 Å². The zero-order valence-corrected chi connectivity index (χ0v) is 23.0. The predicted octanol–water partition coefficient (Wildman–Crippen LogP) is 6.31. The lowest BCUT2D eigenvalue weighted by molar-refractivity contribution is -0.297. The Balaban J connectivity index is 1.72. The number of rotatable bonds is 5. The first kappa shape index (κ1) is 26.8. The van der Waals surface area contributed by atoms with Gasteiger partial charge in [0.1, 0.15) is 5.60 Å². The molecule has 0 aromatic carbocycles. The summed E-state index contributed by atoms with van der Waals surface area (Å²) in [5.74, 6) is 0.962. The molecule has 0 radical (unpaired) electrons. The number of hydrogen-bond acceptors (Lipinski definition) is 5. The summed E-state index contributed by atoms with van der Waals surface area (Å²) in [6.45, 7) is 16.7. The van der Waals surface area contributed by atoms with Crippen molar-refractivity contribution in [1.29, 1.82) is 0 Å². The van der Waals surface area contributed by atoms with Crippen LogP contribution < -0.4 is 0 Å². The van der Waals surface area contributed by atoms with Gasteiger partial charge in [-0.3, -0.25) is 14.8 Å². The minimum absolute atomic E-state index is 0.0136. The second kappa shape index (κ2) is 8.36. The fraction of sp³-hybridized carbons (Fsp3) is 0.800. The number of ketones is 2. The molecular formula is C30H46O5. The van der Waals surface area contributed by atoms with Crippen LogP contribution in [0.5, 0.6) is 0 Å². The van der Waals surface area contributed by atoms with Gasteiger partial charge in [0.25, 0.3) is 0 Å². The molecule has 4 rings (SSSR count). The van der Waals surface area contributed by atoms with Crippen LogP contribution in [0.3, 0.4) is 0 Å². The Bertz CT molecular complexity index is 973. The summed E-state index contributed by atoms with van der Waals surface area (Å²) in [6.07, 6.45) is 8.64. The minimum Gasteiger partial charge on any atom is -0.393 e. The van der Waals surface area contributed by atoms with E-state index in [4.69, 9.17) is 5.26 Å². The Kier molecular flexibility index (Phi) is 6.39. The van der Waals surface area contributed by atoms with E-state index in [1.807, 2.05) is 19.9 Å². The highest BCUT2D eigenvalue weighted by molar-refractivity contribution is 6.11. The highest BCUT2D eigenvalue weighted by atomic mass is 17.1. The van der Waals surface area contributed by atoms with Crippen molar-refractivity contribution in [3.63, 3.8) is 0 Å². The quantitative estimate of drug-likeness (QED) is 0.270. The zero-order chi connectivity index (χ0) is 26.2. The van der Waals surface area contributed by atoms with E-state index in [0.717, 1.165) is 36.8 Å². The SMILES string of the molecule is CC(CC=CC(C)(C)OO)C1CCC2(C)C3=C(C(=O)CC12C)C1(C)CCC(O)C(C)(C)C1CC3=O. The van der Waals surface area contributed by atoms with Crippen molar-refractivity contribution in [3.8, 4) is 0 Å². The molecular weight excluding hydrogens is 440 g/mol. The van der Waals surface area contributed by atoms with E-state index >= 15 is 0 Å². The predicted molar refractivity (Wildman–Crippen MR) is 137 cm³/mol. The molecule has 2 fully saturated rings. The van der Waals surface area contributed by atoms with Crippen molar-refractivity contribution < 1.29 is 24.8 Å². The van der Waals surface area contributed by atoms with E-state index in [0.29, 0.717) is 31.1 Å². The topological polar surface area (TPSA) is 83.8 Å². The number of carbonyl (C=O) groups is 2. The summed E-state index contributed by atoms with van der Waals surface area (Å²) < 4.78 is 0. The van der Waals surface area contributed by atoms with Gasteiger partial charge in [-0.1, -0.05) is 53.7 Å². The summed E-state index contributed by atoms with van der Waals surface area (Å²) in [7, 11) is 0. The van der Waals surface area contributed by atoms with E-state index in [1.54, 1.807) is 0 Å². The number of aliphatic hydroxyl groups is 1. The van der Waals surface area contributed by atoms with Crippen molar-refractivity contribution in [1.82, 2.24) is 0 Å². The number of hydrogen-bond donors (Lipinski definition) is 2. The molecule has 0 aliphatic heterocycles. The van der Waals surface area contributed by atoms with Crippen LogP contribution in [0.1, 0.15) is 100 Å². The van der Waals surface area contributed by atoms with Crippen LogP contribution in [-0.4, -0.2) is 33.6 Å². The van der Waals surface area contributed by atoms with Crippen molar-refractivity contribution in [2.24, 2.45) is 39.4 Å². The number of Topliss-reactive ketones (excluding diaryl/α,β-unsaturated/α-hetero) is 2. The summed E-state index contributed by atoms with van der Waals surface area (Å²) in [4.78, 5) is 32.5. The average molecular weight is 487 g/mol. The van der Waals surface area contributed by atoms with Gasteiger partial charge in [-0.05, 0) is 74.5 Å². The van der Waals surface area contributed by atoms with Crippen molar-refractivity contribution in [2.45, 2.75) is 112 Å². The van der Waals surface area contributed by atoms with Gasteiger partial charge in [0.15, 0.2) is 11.6 Å². The first-order chi connectivity index (χ1) is 16.0. The van der Waals surface area contributed by atoms with Crippen molar-refractivity contribution in [2.75, 3.05) is 0 Å². The van der Waals surface area contributed by atoms with Crippen molar-refractivity contribution >= 4 is 11.6 Å². The fourth-order valence-corrected chi connectivity index (χ4v) is 8.87. The molecule has 196 valence electrons. The van der Waals surface area contributed by atoms with Gasteiger partial charge in [0.2, 0.25) is 0 Å². The van der Waals surface area contributed by atoms with Crippen LogP contribution in [0, 0.1) is 39.4 Å². The molecule has 5 nitrogen and oxygen atoms in total. The highest BCUT2D eigenvalue weighted by Crippen LogP contribution is 2.71. The van der Waals surface area contributed by atoms with Crippen molar-refractivity contribution in [3.05, 3.63) is 23.3 Å². The molecule has 4 aliphatic carbocycles. The molecule has 5 heteroatoms. The molecule has 0 aromatic rings. The van der Waals surface area contributed by atoms with E-state index in [1.165, 1.54) is 0 Å². The normalized spacial score (nSPS) is 42.2. The Morgan fingerprint density at radius 1 is 1.06 bits per heavy atom. The van der Waals surface area contributed by atoms with Gasteiger partial charge in [0.05, 0.1) is 6.10 Å². The molecule has 35 heavy (non-hydrogen) atoms. The summed E-state index contributed by atoms with van der Waals surface area (Å²) in [5.41, 5.74) is -0.393. The van der Waals surface area contributed by atoms with E-state index in [9.17, 15) is 14.7 Å². The Hall–Kier alpha value is -1.30. The molecule has 0 spiro atoms. The molecule has 0 saturated heterocycles. The molecule has 0 amide bonds. The van der Waals surface area contributed by atoms with Crippen LogP contribution in [0.15, 0.2) is 23.3 Å². The van der Waals surface area contributed by atoms with Gasteiger partial charge < -0.3 is 5.11 Å². The number of allylic oxidation sites excluding steroid dienone is 3. The van der Waals surface area contributed by atoms with Gasteiger partial charge in [-0.2, -0.15) is 0 Å². The molecule has 7 atom stereocenters. The van der Waals surface area contributed by atoms with Crippen LogP contribution in [0.25, 0.3) is 0 Å². The first-order valence-corrected chi connectivity index (χ1v) is 13.5. The second-order valence-corrected chi connectivity index (χ2v) is 14.0. The molecule has 0 bridgehead atoms. The van der Waals surface area contributed by atoms with Crippen LogP contribution in [0.2, 0.25) is 0 Å². The number of fused-ring (bicyclic) bond motifs is 4. The van der Waals surface area contributed by atoms with Gasteiger partial charge in [0, 0.05) is 34.8 Å². The summed E-state index contributed by atoms with van der Waals surface area (Å²) in [5, 5.41) is 19.8. The number of aliphatic hydroxyl groups excluding tert-OH is 1. The monoisotopic (exact) mass is 486 g/mol. The average Bonchev–Trinajstić information content (AvgIpc) is 3.03. The highest BCUT2D eigenvalue weighted by Gasteiger charge is 2.67. The fourth-order valence-electron chi connectivity index (χ4n) is 8.87. The molecule has 0 heterocycles. The third-order valence-corrected chi connectivity index (χ3v) is 11.3. The van der Waals surface area contributed by atoms with E-state index in [-0.39, 0.29) is 33.7 Å². The van der Waals surface area contributed by atoms with Gasteiger partial charge in [-0.25, -0.2) is 4.89 Å². The zero-order valence-electron chi connectivity index (χ0n) is 23.0. The molecule has 4 aliphatic rings. The molecule has 0 aromatic heterocycles. The second-order valence-electron chi connectivity index (χ2n) is 14.0. The summed E-state index contributed by atoms with van der Waals surface area (Å²) in [6, 6.07) is 0. The maximum absolute atomic E-state index is 14.0. The lowest BCUT2D eigenvalue weighted by atomic mass is 9.43.